The van der Waals surface area contributed by atoms with Crippen LogP contribution in [0.2, 0.25) is 0 Å². The third-order valence-electron chi connectivity index (χ3n) is 2.58. The quantitative estimate of drug-likeness (QED) is 0.834. The molecule has 0 fully saturated rings. The molecule has 1 aliphatic heterocycles. The lowest BCUT2D eigenvalue weighted by molar-refractivity contribution is 0.310. The van der Waals surface area contributed by atoms with E-state index in [1.807, 2.05) is 31.3 Å². The van der Waals surface area contributed by atoms with Crippen LogP contribution in [-0.2, 0) is 6.42 Å². The van der Waals surface area contributed by atoms with Gasteiger partial charge in [-0.1, -0.05) is 12.2 Å². The molecule has 0 saturated heterocycles. The van der Waals surface area contributed by atoms with Crippen molar-refractivity contribution in [3.8, 4) is 11.5 Å². The van der Waals surface area contributed by atoms with E-state index in [0.29, 0.717) is 6.61 Å². The Bertz CT molecular complexity index is 469. The SMILES string of the molecule is CCOc1cc2c(cc1OC)CC(=S)NC=C2. The van der Waals surface area contributed by atoms with Crippen molar-refractivity contribution in [1.29, 1.82) is 0 Å². The van der Waals surface area contributed by atoms with Gasteiger partial charge in [-0.05, 0) is 36.3 Å². The van der Waals surface area contributed by atoms with Crippen LogP contribution in [-0.4, -0.2) is 18.7 Å². The lowest BCUT2D eigenvalue weighted by Gasteiger charge is -2.13. The standard InChI is InChI=1S/C13H15NO2S/c1-3-16-12-6-9-4-5-14-13(17)8-10(9)7-11(12)15-2/h4-7H,3,8H2,1-2H3,(H,14,17). The van der Waals surface area contributed by atoms with Crippen molar-refractivity contribution in [3.05, 3.63) is 29.5 Å². The zero-order valence-corrected chi connectivity index (χ0v) is 10.8. The van der Waals surface area contributed by atoms with E-state index in [9.17, 15) is 0 Å². The van der Waals surface area contributed by atoms with Gasteiger partial charge in [0.1, 0.15) is 0 Å². The molecule has 0 spiro atoms. The Kier molecular flexibility index (Phi) is 3.64. The van der Waals surface area contributed by atoms with Gasteiger partial charge in [-0.25, -0.2) is 0 Å². The maximum Gasteiger partial charge on any atom is 0.161 e. The highest BCUT2D eigenvalue weighted by Crippen LogP contribution is 2.32. The first-order valence-electron chi connectivity index (χ1n) is 5.54. The van der Waals surface area contributed by atoms with E-state index in [-0.39, 0.29) is 0 Å². The van der Waals surface area contributed by atoms with Crippen molar-refractivity contribution in [2.24, 2.45) is 0 Å². The summed E-state index contributed by atoms with van der Waals surface area (Å²) >= 11 is 5.20. The predicted octanol–water partition coefficient (Wildman–Crippen LogP) is 2.54. The van der Waals surface area contributed by atoms with Crippen molar-refractivity contribution < 1.29 is 9.47 Å². The summed E-state index contributed by atoms with van der Waals surface area (Å²) in [5, 5.41) is 3.05. The number of fused-ring (bicyclic) bond motifs is 1. The van der Waals surface area contributed by atoms with Crippen LogP contribution in [0.25, 0.3) is 6.08 Å². The van der Waals surface area contributed by atoms with Crippen molar-refractivity contribution in [2.75, 3.05) is 13.7 Å². The minimum atomic E-state index is 0.621. The van der Waals surface area contributed by atoms with Crippen molar-refractivity contribution in [3.63, 3.8) is 0 Å². The van der Waals surface area contributed by atoms with Gasteiger partial charge in [-0.15, -0.1) is 0 Å². The average Bonchev–Trinajstić information content (AvgIpc) is 2.49. The van der Waals surface area contributed by atoms with Crippen LogP contribution >= 0.6 is 12.2 Å². The predicted molar refractivity (Wildman–Crippen MR) is 72.6 cm³/mol. The van der Waals surface area contributed by atoms with Gasteiger partial charge in [-0.2, -0.15) is 0 Å². The highest BCUT2D eigenvalue weighted by atomic mass is 32.1. The van der Waals surface area contributed by atoms with Crippen LogP contribution < -0.4 is 14.8 Å². The first kappa shape index (κ1) is 11.9. The number of rotatable bonds is 3. The average molecular weight is 249 g/mol. The molecule has 17 heavy (non-hydrogen) atoms. The smallest absolute Gasteiger partial charge is 0.161 e. The van der Waals surface area contributed by atoms with Crippen LogP contribution in [0.3, 0.4) is 0 Å². The fraction of sp³-hybridized carbons (Fsp3) is 0.308. The van der Waals surface area contributed by atoms with Gasteiger partial charge >= 0.3 is 0 Å². The van der Waals surface area contributed by atoms with E-state index in [1.165, 1.54) is 0 Å². The summed E-state index contributed by atoms with van der Waals surface area (Å²) in [5.74, 6) is 1.52. The maximum absolute atomic E-state index is 5.55. The Morgan fingerprint density at radius 1 is 1.35 bits per heavy atom. The Hall–Kier alpha value is -1.55. The van der Waals surface area contributed by atoms with E-state index in [0.717, 1.165) is 34.0 Å². The number of benzene rings is 1. The molecule has 90 valence electrons. The lowest BCUT2D eigenvalue weighted by Crippen LogP contribution is -2.15. The second kappa shape index (κ2) is 5.19. The van der Waals surface area contributed by atoms with Gasteiger partial charge < -0.3 is 14.8 Å². The van der Waals surface area contributed by atoms with E-state index in [1.54, 1.807) is 7.11 Å². The van der Waals surface area contributed by atoms with Gasteiger partial charge in [0.2, 0.25) is 0 Å². The molecule has 0 atom stereocenters. The van der Waals surface area contributed by atoms with Crippen LogP contribution in [0.4, 0.5) is 0 Å². The molecule has 0 radical (unpaired) electrons. The first-order valence-corrected chi connectivity index (χ1v) is 5.95. The Labute approximate surface area is 106 Å². The Morgan fingerprint density at radius 3 is 2.88 bits per heavy atom. The van der Waals surface area contributed by atoms with E-state index in [4.69, 9.17) is 21.7 Å². The van der Waals surface area contributed by atoms with Crippen LogP contribution in [0, 0.1) is 0 Å². The summed E-state index contributed by atoms with van der Waals surface area (Å²) in [5.41, 5.74) is 2.26. The third kappa shape index (κ3) is 2.58. The fourth-order valence-corrected chi connectivity index (χ4v) is 2.03. The molecule has 0 aromatic heterocycles. The summed E-state index contributed by atoms with van der Waals surface area (Å²) in [6, 6.07) is 3.98. The van der Waals surface area contributed by atoms with Crippen LogP contribution in [0.15, 0.2) is 18.3 Å². The van der Waals surface area contributed by atoms with Gasteiger partial charge in [0.05, 0.1) is 18.7 Å². The summed E-state index contributed by atoms with van der Waals surface area (Å²) in [6.45, 7) is 2.58. The number of hydrogen-bond donors (Lipinski definition) is 1. The molecule has 1 aromatic carbocycles. The number of hydrogen-bond acceptors (Lipinski definition) is 3. The van der Waals surface area contributed by atoms with Gasteiger partial charge in [0, 0.05) is 12.6 Å². The summed E-state index contributed by atoms with van der Waals surface area (Å²) < 4.78 is 10.9. The van der Waals surface area contributed by atoms with E-state index < -0.39 is 0 Å². The minimum Gasteiger partial charge on any atom is -0.493 e. The van der Waals surface area contributed by atoms with Gasteiger partial charge in [0.25, 0.3) is 0 Å². The van der Waals surface area contributed by atoms with Crippen LogP contribution in [0.1, 0.15) is 18.1 Å². The first-order chi connectivity index (χ1) is 8.24. The molecule has 4 heteroatoms. The zero-order valence-electron chi connectivity index (χ0n) is 9.95. The summed E-state index contributed by atoms with van der Waals surface area (Å²) in [4.78, 5) is 0.811. The van der Waals surface area contributed by atoms with Gasteiger partial charge in [-0.3, -0.25) is 0 Å². The van der Waals surface area contributed by atoms with E-state index >= 15 is 0 Å². The number of thiocarbonyl (C=S) groups is 1. The Morgan fingerprint density at radius 2 is 2.18 bits per heavy atom. The number of methoxy groups -OCH3 is 1. The van der Waals surface area contributed by atoms with Gasteiger partial charge in [0.15, 0.2) is 11.5 Å². The summed E-state index contributed by atoms with van der Waals surface area (Å²) in [7, 11) is 1.65. The Balaban J connectivity index is 2.46. The van der Waals surface area contributed by atoms with Crippen molar-refractivity contribution in [2.45, 2.75) is 13.3 Å². The highest BCUT2D eigenvalue weighted by Gasteiger charge is 2.13. The zero-order chi connectivity index (χ0) is 12.3. The monoisotopic (exact) mass is 249 g/mol. The number of nitrogens with one attached hydrogen (secondary N) is 1. The molecule has 1 aromatic rings. The van der Waals surface area contributed by atoms with Crippen LogP contribution in [0.5, 0.6) is 11.5 Å². The minimum absolute atomic E-state index is 0.621. The molecule has 0 amide bonds. The third-order valence-corrected chi connectivity index (χ3v) is 2.85. The molecule has 1 N–H and O–H groups in total. The highest BCUT2D eigenvalue weighted by molar-refractivity contribution is 7.80. The molecule has 3 nitrogen and oxygen atoms in total. The normalized spacial score (nSPS) is 13.6. The maximum atomic E-state index is 5.55. The summed E-state index contributed by atoms with van der Waals surface area (Å²) in [6.07, 6.45) is 4.58. The fourth-order valence-electron chi connectivity index (χ4n) is 1.80. The molecule has 0 saturated carbocycles. The molecule has 1 heterocycles. The topological polar surface area (TPSA) is 30.5 Å². The molecular weight excluding hydrogens is 234 g/mol. The molecule has 1 aliphatic rings. The number of ether oxygens (including phenoxy) is 2. The van der Waals surface area contributed by atoms with Crippen molar-refractivity contribution in [1.82, 2.24) is 5.32 Å². The molecular formula is C13H15NO2S. The van der Waals surface area contributed by atoms with Crippen molar-refractivity contribution >= 4 is 23.3 Å². The molecule has 0 unspecified atom stereocenters. The second-order valence-corrected chi connectivity index (χ2v) is 4.21. The molecule has 0 bridgehead atoms. The largest absolute Gasteiger partial charge is 0.493 e. The molecule has 2 rings (SSSR count). The molecule has 0 aliphatic carbocycles. The second-order valence-electron chi connectivity index (χ2n) is 3.71. The van der Waals surface area contributed by atoms with E-state index in [2.05, 4.69) is 5.32 Å². The lowest BCUT2D eigenvalue weighted by atomic mass is 10.0.